The fraction of sp³-hybridized carbons (Fsp3) is 0.222. The molecule has 3 aromatic rings. The van der Waals surface area contributed by atoms with Crippen LogP contribution in [0.5, 0.6) is 11.5 Å². The van der Waals surface area contributed by atoms with Crippen LogP contribution in [0.15, 0.2) is 66.5 Å². The Morgan fingerprint density at radius 1 is 1.09 bits per heavy atom. The van der Waals surface area contributed by atoms with Crippen molar-refractivity contribution in [1.82, 2.24) is 4.98 Å². The van der Waals surface area contributed by atoms with E-state index in [0.29, 0.717) is 41.0 Å². The molecule has 4 rings (SSSR count). The van der Waals surface area contributed by atoms with Crippen LogP contribution in [-0.4, -0.2) is 35.0 Å². The van der Waals surface area contributed by atoms with Crippen molar-refractivity contribution in [2.45, 2.75) is 26.8 Å². The summed E-state index contributed by atoms with van der Waals surface area (Å²) in [5, 5.41) is 11.9. The molecule has 2 heterocycles. The summed E-state index contributed by atoms with van der Waals surface area (Å²) < 4.78 is 11.3. The highest BCUT2D eigenvalue weighted by atomic mass is 35.5. The number of aryl methyl sites for hydroxylation is 1. The summed E-state index contributed by atoms with van der Waals surface area (Å²) in [5.74, 6) is -1.02. The van der Waals surface area contributed by atoms with Gasteiger partial charge in [0.1, 0.15) is 17.3 Å². The number of Topliss-reactive ketones (excluding diaryl/α,β-unsaturated/α-hetero) is 1. The molecule has 1 unspecified atom stereocenters. The highest BCUT2D eigenvalue weighted by molar-refractivity contribution is 6.52. The lowest BCUT2D eigenvalue weighted by atomic mass is 9.95. The molecule has 8 heteroatoms. The Morgan fingerprint density at radius 3 is 2.54 bits per heavy atom. The van der Waals surface area contributed by atoms with Gasteiger partial charge < -0.3 is 14.6 Å². The first-order chi connectivity index (χ1) is 16.9. The van der Waals surface area contributed by atoms with Gasteiger partial charge in [0, 0.05) is 29.2 Å². The number of pyridine rings is 1. The Balaban J connectivity index is 1.96. The number of ether oxygens (including phenoxy) is 2. The minimum absolute atomic E-state index is 0.0625. The quantitative estimate of drug-likeness (QED) is 0.267. The maximum absolute atomic E-state index is 13.4. The number of hydrogen-bond acceptors (Lipinski definition) is 6. The summed E-state index contributed by atoms with van der Waals surface area (Å²) in [5.41, 5.74) is 2.01. The number of hydrogen-bond donors (Lipinski definition) is 1. The fourth-order valence-electron chi connectivity index (χ4n) is 4.15. The molecule has 0 aliphatic carbocycles. The number of rotatable bonds is 7. The van der Waals surface area contributed by atoms with Gasteiger partial charge in [0.15, 0.2) is 0 Å². The largest absolute Gasteiger partial charge is 0.507 e. The summed E-state index contributed by atoms with van der Waals surface area (Å²) in [6, 6.07) is 12.6. The van der Waals surface area contributed by atoms with E-state index >= 15 is 0 Å². The van der Waals surface area contributed by atoms with E-state index in [1.54, 1.807) is 60.9 Å². The number of amides is 1. The molecule has 1 fully saturated rings. The van der Waals surface area contributed by atoms with E-state index in [1.807, 2.05) is 20.8 Å². The van der Waals surface area contributed by atoms with Gasteiger partial charge in [-0.15, -0.1) is 0 Å². The summed E-state index contributed by atoms with van der Waals surface area (Å²) >= 11 is 6.24. The zero-order chi connectivity index (χ0) is 25.1. The van der Waals surface area contributed by atoms with Crippen LogP contribution >= 0.6 is 11.6 Å². The third-order valence-electron chi connectivity index (χ3n) is 5.69. The molecule has 1 amide bonds. The molecule has 1 saturated heterocycles. The normalized spacial score (nSPS) is 17.0. The second-order valence-corrected chi connectivity index (χ2v) is 8.35. The van der Waals surface area contributed by atoms with Gasteiger partial charge in [-0.05, 0) is 62.2 Å². The highest BCUT2D eigenvalue weighted by Crippen LogP contribution is 2.44. The SMILES string of the molecule is CCOc1ccc(/C(O)=C2/C(=O)C(=O)N(c3cc(Cl)ccc3C)C2c2cccnc2)c(OCC)c1. The summed E-state index contributed by atoms with van der Waals surface area (Å²) in [7, 11) is 0. The first-order valence-corrected chi connectivity index (χ1v) is 11.6. The van der Waals surface area contributed by atoms with Crippen molar-refractivity contribution in [2.24, 2.45) is 0 Å². The smallest absolute Gasteiger partial charge is 0.300 e. The average molecular weight is 493 g/mol. The highest BCUT2D eigenvalue weighted by Gasteiger charge is 2.47. The van der Waals surface area contributed by atoms with Gasteiger partial charge in [-0.2, -0.15) is 0 Å². The third kappa shape index (κ3) is 4.59. The first-order valence-electron chi connectivity index (χ1n) is 11.2. The number of aromatic nitrogens is 1. The number of benzene rings is 2. The molecular weight excluding hydrogens is 468 g/mol. The number of nitrogens with zero attached hydrogens (tertiary/aromatic N) is 2. The topological polar surface area (TPSA) is 89.0 Å². The Hall–Kier alpha value is -3.84. The number of anilines is 1. The van der Waals surface area contributed by atoms with E-state index in [2.05, 4.69) is 4.98 Å². The predicted octanol–water partition coefficient (Wildman–Crippen LogP) is 5.47. The number of carbonyl (C=O) groups excluding carboxylic acids is 2. The van der Waals surface area contributed by atoms with E-state index in [9.17, 15) is 14.7 Å². The predicted molar refractivity (Wildman–Crippen MR) is 134 cm³/mol. The Morgan fingerprint density at radius 2 is 1.86 bits per heavy atom. The van der Waals surface area contributed by atoms with Crippen LogP contribution in [0.1, 0.15) is 36.6 Å². The van der Waals surface area contributed by atoms with Crippen molar-refractivity contribution < 1.29 is 24.2 Å². The van der Waals surface area contributed by atoms with E-state index in [0.717, 1.165) is 5.56 Å². The van der Waals surface area contributed by atoms with Crippen LogP contribution in [0.4, 0.5) is 5.69 Å². The molecule has 1 atom stereocenters. The van der Waals surface area contributed by atoms with Crippen LogP contribution in [0.25, 0.3) is 5.76 Å². The lowest BCUT2D eigenvalue weighted by molar-refractivity contribution is -0.132. The molecule has 180 valence electrons. The molecule has 0 bridgehead atoms. The van der Waals surface area contributed by atoms with E-state index < -0.39 is 17.7 Å². The molecule has 0 radical (unpaired) electrons. The summed E-state index contributed by atoms with van der Waals surface area (Å²) in [4.78, 5) is 32.3. The number of ketones is 1. The van der Waals surface area contributed by atoms with Crippen LogP contribution in [-0.2, 0) is 9.59 Å². The molecular formula is C27H25ClN2O5. The van der Waals surface area contributed by atoms with Gasteiger partial charge in [0.2, 0.25) is 0 Å². The first kappa shape index (κ1) is 24.3. The standard InChI is InChI=1S/C27H25ClN2O5/c1-4-34-19-10-11-20(22(14-19)35-5-2)25(31)23-24(17-7-6-12-29-15-17)30(27(33)26(23)32)21-13-18(28)9-8-16(21)3/h6-15,24,31H,4-5H2,1-3H3/b25-23-. The molecule has 1 aromatic heterocycles. The lowest BCUT2D eigenvalue weighted by Crippen LogP contribution is -2.30. The van der Waals surface area contributed by atoms with Crippen molar-refractivity contribution in [3.63, 3.8) is 0 Å². The van der Waals surface area contributed by atoms with Crippen LogP contribution in [0.3, 0.4) is 0 Å². The zero-order valence-electron chi connectivity index (χ0n) is 19.6. The Bertz CT molecular complexity index is 1310. The molecule has 0 spiro atoms. The van der Waals surface area contributed by atoms with Gasteiger partial charge in [-0.1, -0.05) is 23.7 Å². The second-order valence-electron chi connectivity index (χ2n) is 7.91. The molecule has 1 N–H and O–H groups in total. The second kappa shape index (κ2) is 10.2. The monoisotopic (exact) mass is 492 g/mol. The van der Waals surface area contributed by atoms with E-state index in [1.165, 1.54) is 4.90 Å². The molecule has 1 aliphatic heterocycles. The van der Waals surface area contributed by atoms with Crippen molar-refractivity contribution in [1.29, 1.82) is 0 Å². The Kier molecular flexibility index (Phi) is 7.07. The zero-order valence-corrected chi connectivity index (χ0v) is 20.4. The van der Waals surface area contributed by atoms with Crippen LogP contribution in [0.2, 0.25) is 5.02 Å². The maximum atomic E-state index is 13.4. The fourth-order valence-corrected chi connectivity index (χ4v) is 4.32. The third-order valence-corrected chi connectivity index (χ3v) is 5.93. The molecule has 1 aliphatic rings. The molecule has 35 heavy (non-hydrogen) atoms. The van der Waals surface area contributed by atoms with Crippen LogP contribution < -0.4 is 14.4 Å². The van der Waals surface area contributed by atoms with Gasteiger partial charge in [-0.25, -0.2) is 0 Å². The number of aliphatic hydroxyl groups excluding tert-OH is 1. The van der Waals surface area contributed by atoms with E-state index in [-0.39, 0.29) is 16.9 Å². The minimum Gasteiger partial charge on any atom is -0.507 e. The van der Waals surface area contributed by atoms with E-state index in [4.69, 9.17) is 21.1 Å². The number of aliphatic hydroxyl groups is 1. The van der Waals surface area contributed by atoms with Crippen molar-refractivity contribution >= 4 is 34.7 Å². The summed E-state index contributed by atoms with van der Waals surface area (Å²) in [6.45, 7) is 6.29. The average Bonchev–Trinajstić information content (AvgIpc) is 3.12. The van der Waals surface area contributed by atoms with Gasteiger partial charge in [-0.3, -0.25) is 19.5 Å². The number of carbonyl (C=O) groups is 2. The van der Waals surface area contributed by atoms with Gasteiger partial charge >= 0.3 is 0 Å². The van der Waals surface area contributed by atoms with Crippen molar-refractivity contribution in [2.75, 3.05) is 18.1 Å². The minimum atomic E-state index is -0.915. The summed E-state index contributed by atoms with van der Waals surface area (Å²) in [6.07, 6.45) is 3.16. The molecule has 2 aromatic carbocycles. The Labute approximate surface area is 208 Å². The van der Waals surface area contributed by atoms with Crippen molar-refractivity contribution in [3.8, 4) is 11.5 Å². The van der Waals surface area contributed by atoms with Crippen LogP contribution in [0, 0.1) is 6.92 Å². The maximum Gasteiger partial charge on any atom is 0.300 e. The molecule has 0 saturated carbocycles. The van der Waals surface area contributed by atoms with Gasteiger partial charge in [0.25, 0.3) is 11.7 Å². The van der Waals surface area contributed by atoms with Gasteiger partial charge in [0.05, 0.1) is 30.4 Å². The lowest BCUT2D eigenvalue weighted by Gasteiger charge is -2.26. The molecule has 7 nitrogen and oxygen atoms in total. The number of halogens is 1. The van der Waals surface area contributed by atoms with Crippen molar-refractivity contribution in [3.05, 3.63) is 88.2 Å².